The Balaban J connectivity index is 1.57. The Morgan fingerprint density at radius 3 is 2.56 bits per heavy atom. The third-order valence-corrected chi connectivity index (χ3v) is 9.13. The smallest absolute Gasteiger partial charge is 0.338 e. The summed E-state index contributed by atoms with van der Waals surface area (Å²) in [5.41, 5.74) is 2.78. The zero-order valence-corrected chi connectivity index (χ0v) is 28.4. The summed E-state index contributed by atoms with van der Waals surface area (Å²) in [5.74, 6) is 0.640. The Labute approximate surface area is 274 Å². The van der Waals surface area contributed by atoms with Gasteiger partial charge >= 0.3 is 5.97 Å². The van der Waals surface area contributed by atoms with E-state index < -0.39 is 12.0 Å². The predicted molar refractivity (Wildman–Crippen MR) is 176 cm³/mol. The molecule has 3 aromatic carbocycles. The molecule has 0 unspecified atom stereocenters. The Kier molecular flexibility index (Phi) is 9.60. The molecule has 1 aliphatic rings. The number of rotatable bonds is 8. The van der Waals surface area contributed by atoms with Gasteiger partial charge in [0, 0.05) is 20.6 Å². The van der Waals surface area contributed by atoms with Crippen LogP contribution in [0.3, 0.4) is 0 Å². The molecular formula is C32H27Br2ClN2O5S. The Morgan fingerprint density at radius 2 is 1.86 bits per heavy atom. The first-order valence-corrected chi connectivity index (χ1v) is 16.1. The van der Waals surface area contributed by atoms with E-state index in [1.54, 1.807) is 44.6 Å². The number of carbonyl (C=O) groups excluding carboxylic acids is 1. The van der Waals surface area contributed by atoms with E-state index in [1.165, 1.54) is 11.3 Å². The van der Waals surface area contributed by atoms with Gasteiger partial charge in [-0.2, -0.15) is 0 Å². The minimum Gasteiger partial charge on any atom is -0.496 e. The van der Waals surface area contributed by atoms with Gasteiger partial charge < -0.3 is 14.2 Å². The average molecular weight is 747 g/mol. The van der Waals surface area contributed by atoms with E-state index in [-0.39, 0.29) is 17.2 Å². The molecule has 4 aromatic rings. The molecule has 0 amide bonds. The van der Waals surface area contributed by atoms with E-state index in [0.717, 1.165) is 20.1 Å². The second kappa shape index (κ2) is 13.2. The summed E-state index contributed by atoms with van der Waals surface area (Å²) < 4.78 is 20.7. The van der Waals surface area contributed by atoms with Crippen molar-refractivity contribution in [3.05, 3.63) is 122 Å². The molecule has 0 bridgehead atoms. The fourth-order valence-electron chi connectivity index (χ4n) is 4.72. The highest BCUT2D eigenvalue weighted by Gasteiger charge is 2.35. The van der Waals surface area contributed by atoms with Crippen LogP contribution in [-0.2, 0) is 16.1 Å². The van der Waals surface area contributed by atoms with Crippen molar-refractivity contribution in [2.45, 2.75) is 39.5 Å². The van der Waals surface area contributed by atoms with Crippen molar-refractivity contribution < 1.29 is 19.0 Å². The third kappa shape index (κ3) is 6.67. The van der Waals surface area contributed by atoms with Crippen LogP contribution in [0.15, 0.2) is 90.7 Å². The molecular weight excluding hydrogens is 720 g/mol. The minimum absolute atomic E-state index is 0.284. The van der Waals surface area contributed by atoms with Gasteiger partial charge in [-0.05, 0) is 84.7 Å². The number of hydrogen-bond donors (Lipinski definition) is 0. The summed E-state index contributed by atoms with van der Waals surface area (Å²) in [5, 5.41) is 0.639. The van der Waals surface area contributed by atoms with Crippen LogP contribution in [0.4, 0.5) is 0 Å². The molecule has 1 atom stereocenters. The van der Waals surface area contributed by atoms with Crippen molar-refractivity contribution in [3.8, 4) is 11.5 Å². The first-order valence-electron chi connectivity index (χ1n) is 13.3. The second-order valence-electron chi connectivity index (χ2n) is 9.99. The standard InChI is InChI=1S/C32H27Br2ClN2O5S/c1-17(2)42-31(39)28-18(3)36-32-37(29(28)22-15-21(33)10-12-25(22)40-4)30(38)27(43-32)14-19-9-11-26(23(34)13-19)41-16-20-7-5-6-8-24(20)35/h5-15,17,29H,16H2,1-4H3/b27-14-/t29-/m1/s1. The number of benzene rings is 3. The lowest BCUT2D eigenvalue weighted by Gasteiger charge is -2.26. The Hall–Kier alpha value is -3.18. The van der Waals surface area contributed by atoms with Crippen molar-refractivity contribution in [2.24, 2.45) is 4.99 Å². The molecule has 0 N–H and O–H groups in total. The SMILES string of the molecule is COc1ccc(Br)cc1[C@@H]1C(C(=O)OC(C)C)=C(C)N=c2s/c(=C\c3ccc(OCc4ccccc4Cl)c(Br)c3)c(=O)n21. The maximum atomic E-state index is 14.0. The van der Waals surface area contributed by atoms with Gasteiger partial charge in [0.1, 0.15) is 24.1 Å². The van der Waals surface area contributed by atoms with Crippen molar-refractivity contribution in [3.63, 3.8) is 0 Å². The monoisotopic (exact) mass is 744 g/mol. The predicted octanol–water partition coefficient (Wildman–Crippen LogP) is 6.95. The summed E-state index contributed by atoms with van der Waals surface area (Å²) in [4.78, 5) is 32.6. The lowest BCUT2D eigenvalue weighted by molar-refractivity contribution is -0.143. The van der Waals surface area contributed by atoms with Crippen LogP contribution in [0.1, 0.15) is 43.5 Å². The zero-order chi connectivity index (χ0) is 30.8. The first kappa shape index (κ1) is 31.3. The number of allylic oxidation sites excluding steroid dienone is 1. The van der Waals surface area contributed by atoms with Crippen LogP contribution < -0.4 is 24.4 Å². The van der Waals surface area contributed by atoms with Gasteiger partial charge in [0.2, 0.25) is 0 Å². The third-order valence-electron chi connectivity index (χ3n) is 6.67. The molecule has 0 spiro atoms. The molecule has 11 heteroatoms. The number of halogens is 3. The molecule has 0 radical (unpaired) electrons. The summed E-state index contributed by atoms with van der Waals surface area (Å²) in [6, 6.07) is 17.8. The molecule has 7 nitrogen and oxygen atoms in total. The summed E-state index contributed by atoms with van der Waals surface area (Å²) >= 11 is 14.6. The summed E-state index contributed by atoms with van der Waals surface area (Å²) in [6.45, 7) is 5.63. The van der Waals surface area contributed by atoms with Crippen LogP contribution in [-0.4, -0.2) is 23.8 Å². The number of hydrogen-bond acceptors (Lipinski definition) is 7. The molecule has 1 aliphatic heterocycles. The largest absolute Gasteiger partial charge is 0.496 e. The van der Waals surface area contributed by atoms with Crippen molar-refractivity contribution in [1.29, 1.82) is 0 Å². The van der Waals surface area contributed by atoms with E-state index >= 15 is 0 Å². The number of thiazole rings is 1. The second-order valence-corrected chi connectivity index (χ2v) is 13.2. The fraction of sp³-hybridized carbons (Fsp3) is 0.219. The number of nitrogens with zero attached hydrogens (tertiary/aromatic N) is 2. The van der Waals surface area contributed by atoms with Crippen LogP contribution in [0.5, 0.6) is 11.5 Å². The number of methoxy groups -OCH3 is 1. The summed E-state index contributed by atoms with van der Waals surface area (Å²) in [6.07, 6.45) is 1.45. The van der Waals surface area contributed by atoms with E-state index in [9.17, 15) is 9.59 Å². The average Bonchev–Trinajstić information content (AvgIpc) is 3.26. The number of carbonyl (C=O) groups is 1. The summed E-state index contributed by atoms with van der Waals surface area (Å²) in [7, 11) is 1.55. The quantitative estimate of drug-likeness (QED) is 0.183. The Morgan fingerprint density at radius 1 is 1.12 bits per heavy atom. The molecule has 0 saturated carbocycles. The normalized spacial score (nSPS) is 14.9. The lowest BCUT2D eigenvalue weighted by atomic mass is 9.95. The first-order chi connectivity index (χ1) is 20.6. The van der Waals surface area contributed by atoms with Gasteiger partial charge in [0.25, 0.3) is 5.56 Å². The highest BCUT2D eigenvalue weighted by Crippen LogP contribution is 2.37. The van der Waals surface area contributed by atoms with Gasteiger partial charge in [-0.1, -0.05) is 63.1 Å². The van der Waals surface area contributed by atoms with Gasteiger partial charge in [-0.15, -0.1) is 0 Å². The molecule has 222 valence electrons. The maximum absolute atomic E-state index is 14.0. The maximum Gasteiger partial charge on any atom is 0.338 e. The molecule has 0 saturated heterocycles. The number of ether oxygens (including phenoxy) is 3. The number of aromatic nitrogens is 1. The highest BCUT2D eigenvalue weighted by atomic mass is 79.9. The number of fused-ring (bicyclic) bond motifs is 1. The van der Waals surface area contributed by atoms with E-state index in [0.29, 0.717) is 43.7 Å². The van der Waals surface area contributed by atoms with Gasteiger partial charge in [-0.25, -0.2) is 9.79 Å². The van der Waals surface area contributed by atoms with Crippen molar-refractivity contribution in [1.82, 2.24) is 4.57 Å². The molecule has 2 heterocycles. The molecule has 5 rings (SSSR count). The van der Waals surface area contributed by atoms with Crippen LogP contribution in [0.2, 0.25) is 5.02 Å². The van der Waals surface area contributed by atoms with Crippen molar-refractivity contribution in [2.75, 3.05) is 7.11 Å². The van der Waals surface area contributed by atoms with E-state index in [4.69, 9.17) is 25.8 Å². The highest BCUT2D eigenvalue weighted by molar-refractivity contribution is 9.10. The van der Waals surface area contributed by atoms with Gasteiger partial charge in [-0.3, -0.25) is 9.36 Å². The molecule has 43 heavy (non-hydrogen) atoms. The molecule has 0 aliphatic carbocycles. The van der Waals surface area contributed by atoms with E-state index in [1.807, 2.05) is 54.6 Å². The van der Waals surface area contributed by atoms with Crippen LogP contribution >= 0.6 is 54.8 Å². The lowest BCUT2D eigenvalue weighted by Crippen LogP contribution is -2.40. The minimum atomic E-state index is -0.801. The molecule has 0 fully saturated rings. The fourth-order valence-corrected chi connectivity index (χ4v) is 6.85. The Bertz CT molecular complexity index is 1930. The topological polar surface area (TPSA) is 79.1 Å². The van der Waals surface area contributed by atoms with Gasteiger partial charge in [0.05, 0.1) is 33.5 Å². The van der Waals surface area contributed by atoms with Crippen LogP contribution in [0.25, 0.3) is 6.08 Å². The van der Waals surface area contributed by atoms with Crippen molar-refractivity contribution >= 4 is 66.8 Å². The molecule has 1 aromatic heterocycles. The van der Waals surface area contributed by atoms with Crippen LogP contribution in [0, 0.1) is 0 Å². The van der Waals surface area contributed by atoms with E-state index in [2.05, 4.69) is 36.9 Å². The zero-order valence-electron chi connectivity index (χ0n) is 23.7. The van der Waals surface area contributed by atoms with Gasteiger partial charge in [0.15, 0.2) is 4.80 Å². The number of esters is 1.